The van der Waals surface area contributed by atoms with Crippen LogP contribution in [0, 0.1) is 0 Å². The van der Waals surface area contributed by atoms with Crippen molar-refractivity contribution in [3.63, 3.8) is 0 Å². The van der Waals surface area contributed by atoms with E-state index in [1.165, 1.54) is 12.1 Å². The zero-order valence-corrected chi connectivity index (χ0v) is 11.2. The second-order valence-electron chi connectivity index (χ2n) is 5.04. The first-order valence-corrected chi connectivity index (χ1v) is 6.52. The van der Waals surface area contributed by atoms with Crippen molar-refractivity contribution in [3.05, 3.63) is 35.4 Å². The molecule has 20 heavy (non-hydrogen) atoms. The third kappa shape index (κ3) is 3.50. The molecule has 3 nitrogen and oxygen atoms in total. The van der Waals surface area contributed by atoms with Crippen molar-refractivity contribution in [1.29, 1.82) is 0 Å². The van der Waals surface area contributed by atoms with E-state index in [0.29, 0.717) is 12.1 Å². The maximum atomic E-state index is 12.4. The van der Waals surface area contributed by atoms with Gasteiger partial charge in [-0.3, -0.25) is 4.79 Å². The Morgan fingerprint density at radius 3 is 2.50 bits per heavy atom. The molecule has 1 aliphatic heterocycles. The molecule has 1 aromatic rings. The summed E-state index contributed by atoms with van der Waals surface area (Å²) in [7, 11) is 1.67. The lowest BCUT2D eigenvalue weighted by Crippen LogP contribution is -2.41. The lowest BCUT2D eigenvalue weighted by Gasteiger charge is -2.21. The van der Waals surface area contributed by atoms with E-state index < -0.39 is 11.7 Å². The number of carbonyl (C=O) groups excluding carboxylic acids is 1. The highest BCUT2D eigenvalue weighted by Crippen LogP contribution is 2.29. The molecule has 0 radical (unpaired) electrons. The second kappa shape index (κ2) is 5.83. The fourth-order valence-electron chi connectivity index (χ4n) is 2.31. The van der Waals surface area contributed by atoms with Gasteiger partial charge in [-0.2, -0.15) is 13.2 Å². The summed E-state index contributed by atoms with van der Waals surface area (Å²) in [6.45, 7) is 1.15. The molecule has 0 spiro atoms. The Kier molecular flexibility index (Phi) is 4.32. The van der Waals surface area contributed by atoms with Crippen LogP contribution in [0.5, 0.6) is 0 Å². The molecule has 0 bridgehead atoms. The number of rotatable bonds is 3. The molecule has 1 N–H and O–H groups in total. The number of carbonyl (C=O) groups is 1. The van der Waals surface area contributed by atoms with Crippen molar-refractivity contribution in [2.75, 3.05) is 13.6 Å². The summed E-state index contributed by atoms with van der Waals surface area (Å²) < 4.78 is 37.3. The van der Waals surface area contributed by atoms with Crippen molar-refractivity contribution >= 4 is 5.91 Å². The Morgan fingerprint density at radius 2 is 2.00 bits per heavy atom. The van der Waals surface area contributed by atoms with Gasteiger partial charge < -0.3 is 10.2 Å². The van der Waals surface area contributed by atoms with E-state index in [4.69, 9.17) is 0 Å². The molecule has 1 saturated heterocycles. The van der Waals surface area contributed by atoms with Gasteiger partial charge in [-0.25, -0.2) is 0 Å². The Hall–Kier alpha value is -1.56. The summed E-state index contributed by atoms with van der Waals surface area (Å²) in [5.41, 5.74) is 0.0135. The molecule has 6 heteroatoms. The quantitative estimate of drug-likeness (QED) is 0.925. The molecular weight excluding hydrogens is 269 g/mol. The van der Waals surface area contributed by atoms with Gasteiger partial charge in [0.2, 0.25) is 5.91 Å². The smallest absolute Gasteiger partial charge is 0.340 e. The molecule has 1 unspecified atom stereocenters. The summed E-state index contributed by atoms with van der Waals surface area (Å²) in [5, 5.41) is 3.11. The van der Waals surface area contributed by atoms with Gasteiger partial charge in [-0.1, -0.05) is 12.1 Å². The number of amides is 1. The summed E-state index contributed by atoms with van der Waals surface area (Å²) in [5.74, 6) is -0.0117. The van der Waals surface area contributed by atoms with Gasteiger partial charge in [0.1, 0.15) is 0 Å². The highest BCUT2D eigenvalue weighted by Gasteiger charge is 2.30. The number of benzene rings is 1. The first kappa shape index (κ1) is 14.8. The fraction of sp³-hybridized carbons (Fsp3) is 0.500. The average Bonchev–Trinajstić information content (AvgIpc) is 2.91. The molecule has 1 heterocycles. The Labute approximate surface area is 115 Å². The van der Waals surface area contributed by atoms with E-state index in [2.05, 4.69) is 5.32 Å². The van der Waals surface area contributed by atoms with Gasteiger partial charge >= 0.3 is 6.18 Å². The van der Waals surface area contributed by atoms with Gasteiger partial charge in [-0.15, -0.1) is 0 Å². The van der Waals surface area contributed by atoms with Crippen LogP contribution in [0.1, 0.15) is 24.0 Å². The summed E-state index contributed by atoms with van der Waals surface area (Å²) in [6, 6.07) is 4.75. The first-order valence-electron chi connectivity index (χ1n) is 6.52. The van der Waals surface area contributed by atoms with Crippen LogP contribution in [0.4, 0.5) is 13.2 Å². The van der Waals surface area contributed by atoms with E-state index in [-0.39, 0.29) is 11.9 Å². The van der Waals surface area contributed by atoms with Crippen molar-refractivity contribution in [2.24, 2.45) is 0 Å². The number of halogens is 3. The molecule has 1 aromatic carbocycles. The van der Waals surface area contributed by atoms with Crippen molar-refractivity contribution < 1.29 is 18.0 Å². The van der Waals surface area contributed by atoms with E-state index in [0.717, 1.165) is 31.5 Å². The lowest BCUT2D eigenvalue weighted by atomic mass is 10.1. The van der Waals surface area contributed by atoms with Gasteiger partial charge in [0.25, 0.3) is 0 Å². The standard InChI is InChI=1S/C14H17F3N2O/c1-19(13(20)12-3-2-8-18-12)9-10-4-6-11(7-5-10)14(15,16)17/h4-7,12,18H,2-3,8-9H2,1H3. The molecule has 1 amide bonds. The molecule has 0 aromatic heterocycles. The fourth-order valence-corrected chi connectivity index (χ4v) is 2.31. The van der Waals surface area contributed by atoms with Gasteiger partial charge in [0.05, 0.1) is 11.6 Å². The number of likely N-dealkylation sites (N-methyl/N-ethyl adjacent to an activating group) is 1. The first-order chi connectivity index (χ1) is 9.38. The van der Waals surface area contributed by atoms with Crippen LogP contribution in [0.15, 0.2) is 24.3 Å². The largest absolute Gasteiger partial charge is 0.416 e. The van der Waals surface area contributed by atoms with Crippen LogP contribution in [0.3, 0.4) is 0 Å². The Morgan fingerprint density at radius 1 is 1.35 bits per heavy atom. The van der Waals surface area contributed by atoms with Crippen LogP contribution in [0.2, 0.25) is 0 Å². The molecule has 2 rings (SSSR count). The van der Waals surface area contributed by atoms with Crippen LogP contribution in [0.25, 0.3) is 0 Å². The maximum Gasteiger partial charge on any atom is 0.416 e. The molecule has 0 aliphatic carbocycles. The highest BCUT2D eigenvalue weighted by atomic mass is 19.4. The minimum Gasteiger partial charge on any atom is -0.340 e. The average molecular weight is 286 g/mol. The van der Waals surface area contributed by atoms with E-state index in [1.54, 1.807) is 11.9 Å². The molecule has 1 atom stereocenters. The minimum absolute atomic E-state index is 0.0117. The monoisotopic (exact) mass is 286 g/mol. The predicted octanol–water partition coefficient (Wildman–Crippen LogP) is 2.42. The van der Waals surface area contributed by atoms with Crippen LogP contribution in [-0.2, 0) is 17.5 Å². The molecule has 110 valence electrons. The Bertz CT molecular complexity index is 464. The van der Waals surface area contributed by atoms with Crippen LogP contribution < -0.4 is 5.32 Å². The van der Waals surface area contributed by atoms with Crippen LogP contribution >= 0.6 is 0 Å². The number of alkyl halides is 3. The predicted molar refractivity (Wildman–Crippen MR) is 68.9 cm³/mol. The second-order valence-corrected chi connectivity index (χ2v) is 5.04. The third-order valence-corrected chi connectivity index (χ3v) is 3.44. The molecule has 1 fully saturated rings. The number of hydrogen-bond donors (Lipinski definition) is 1. The maximum absolute atomic E-state index is 12.4. The van der Waals surface area contributed by atoms with E-state index in [9.17, 15) is 18.0 Å². The minimum atomic E-state index is -4.33. The number of nitrogens with zero attached hydrogens (tertiary/aromatic N) is 1. The Balaban J connectivity index is 1.97. The zero-order valence-electron chi connectivity index (χ0n) is 11.2. The van der Waals surface area contributed by atoms with E-state index >= 15 is 0 Å². The summed E-state index contributed by atoms with van der Waals surface area (Å²) in [4.78, 5) is 13.6. The van der Waals surface area contributed by atoms with Gasteiger partial charge in [-0.05, 0) is 37.1 Å². The zero-order chi connectivity index (χ0) is 14.8. The lowest BCUT2D eigenvalue weighted by molar-refractivity contribution is -0.137. The highest BCUT2D eigenvalue weighted by molar-refractivity contribution is 5.81. The van der Waals surface area contributed by atoms with E-state index in [1.807, 2.05) is 0 Å². The van der Waals surface area contributed by atoms with Gasteiger partial charge in [0.15, 0.2) is 0 Å². The SMILES string of the molecule is CN(Cc1ccc(C(F)(F)F)cc1)C(=O)C1CCCN1. The molecule has 1 aliphatic rings. The molecule has 0 saturated carbocycles. The third-order valence-electron chi connectivity index (χ3n) is 3.44. The topological polar surface area (TPSA) is 32.3 Å². The van der Waals surface area contributed by atoms with Crippen LogP contribution in [-0.4, -0.2) is 30.4 Å². The van der Waals surface area contributed by atoms with Crippen molar-refractivity contribution in [1.82, 2.24) is 10.2 Å². The normalized spacial score (nSPS) is 19.1. The van der Waals surface area contributed by atoms with Crippen molar-refractivity contribution in [3.8, 4) is 0 Å². The summed E-state index contributed by atoms with van der Waals surface area (Å²) >= 11 is 0. The number of nitrogens with one attached hydrogen (secondary N) is 1. The summed E-state index contributed by atoms with van der Waals surface area (Å²) in [6.07, 6.45) is -2.53. The van der Waals surface area contributed by atoms with Gasteiger partial charge in [0, 0.05) is 13.6 Å². The number of hydrogen-bond acceptors (Lipinski definition) is 2. The molecular formula is C14H17F3N2O. The van der Waals surface area contributed by atoms with Crippen molar-refractivity contribution in [2.45, 2.75) is 31.6 Å².